The minimum absolute atomic E-state index is 0.196. The maximum absolute atomic E-state index is 12.4. The summed E-state index contributed by atoms with van der Waals surface area (Å²) in [6.45, 7) is 2.15. The Morgan fingerprint density at radius 1 is 1.27 bits per heavy atom. The molecule has 2 aromatic carbocycles. The Kier molecular flexibility index (Phi) is 5.29. The quantitative estimate of drug-likeness (QED) is 0.694. The lowest BCUT2D eigenvalue weighted by atomic mass is 10.2. The maximum Gasteiger partial charge on any atom is 0.258 e. The van der Waals surface area contributed by atoms with E-state index in [-0.39, 0.29) is 10.8 Å². The van der Waals surface area contributed by atoms with E-state index < -0.39 is 10.0 Å². The summed E-state index contributed by atoms with van der Waals surface area (Å²) in [7, 11) is -2.01. The summed E-state index contributed by atoms with van der Waals surface area (Å²) in [6, 6.07) is 11.4. The molecular formula is C17H16ClN3O3S2. The lowest BCUT2D eigenvalue weighted by molar-refractivity contribution is 0.102. The number of amides is 1. The van der Waals surface area contributed by atoms with Crippen molar-refractivity contribution in [1.29, 1.82) is 0 Å². The van der Waals surface area contributed by atoms with Crippen molar-refractivity contribution in [3.63, 3.8) is 0 Å². The minimum Gasteiger partial charge on any atom is -0.298 e. The Morgan fingerprint density at radius 3 is 2.69 bits per heavy atom. The van der Waals surface area contributed by atoms with E-state index in [4.69, 9.17) is 11.6 Å². The van der Waals surface area contributed by atoms with Crippen LogP contribution in [0.25, 0.3) is 10.2 Å². The largest absolute Gasteiger partial charge is 0.298 e. The molecule has 6 nitrogen and oxygen atoms in total. The highest BCUT2D eigenvalue weighted by atomic mass is 35.5. The Hall–Kier alpha value is -2.00. The van der Waals surface area contributed by atoms with Crippen molar-refractivity contribution in [2.75, 3.05) is 18.9 Å². The smallest absolute Gasteiger partial charge is 0.258 e. The molecule has 3 aromatic rings. The van der Waals surface area contributed by atoms with Gasteiger partial charge in [0.2, 0.25) is 10.0 Å². The lowest BCUT2D eigenvalue weighted by Crippen LogP contribution is -2.26. The van der Waals surface area contributed by atoms with E-state index in [1.165, 1.54) is 28.8 Å². The topological polar surface area (TPSA) is 79.4 Å². The zero-order valence-electron chi connectivity index (χ0n) is 14.1. The van der Waals surface area contributed by atoms with Gasteiger partial charge in [-0.05, 0) is 30.3 Å². The van der Waals surface area contributed by atoms with Gasteiger partial charge in [0.15, 0.2) is 5.13 Å². The van der Waals surface area contributed by atoms with Crippen LogP contribution in [0.15, 0.2) is 47.4 Å². The molecule has 26 heavy (non-hydrogen) atoms. The van der Waals surface area contributed by atoms with Crippen LogP contribution in [0.3, 0.4) is 0 Å². The number of anilines is 1. The number of carbonyl (C=O) groups excluding carboxylic acids is 1. The molecule has 0 radical (unpaired) electrons. The molecule has 136 valence electrons. The van der Waals surface area contributed by atoms with Crippen LogP contribution >= 0.6 is 22.9 Å². The molecule has 3 rings (SSSR count). The highest BCUT2D eigenvalue weighted by Gasteiger charge is 2.20. The average molecular weight is 410 g/mol. The normalized spacial score (nSPS) is 11.8. The molecule has 0 fully saturated rings. The molecule has 1 aromatic heterocycles. The van der Waals surface area contributed by atoms with E-state index in [9.17, 15) is 13.2 Å². The first-order valence-corrected chi connectivity index (χ1v) is 10.4. The van der Waals surface area contributed by atoms with Gasteiger partial charge in [0, 0.05) is 13.6 Å². The van der Waals surface area contributed by atoms with Crippen molar-refractivity contribution >= 4 is 54.2 Å². The third-order valence-electron chi connectivity index (χ3n) is 3.85. The summed E-state index contributed by atoms with van der Waals surface area (Å²) in [5.41, 5.74) is 0.962. The van der Waals surface area contributed by atoms with Gasteiger partial charge in [0.1, 0.15) is 0 Å². The van der Waals surface area contributed by atoms with Gasteiger partial charge in [0.25, 0.3) is 5.91 Å². The Balaban J connectivity index is 1.91. The van der Waals surface area contributed by atoms with Gasteiger partial charge in [-0.15, -0.1) is 0 Å². The third-order valence-corrected chi connectivity index (χ3v) is 7.04. The van der Waals surface area contributed by atoms with Crippen molar-refractivity contribution < 1.29 is 13.2 Å². The predicted molar refractivity (Wildman–Crippen MR) is 105 cm³/mol. The summed E-state index contributed by atoms with van der Waals surface area (Å²) in [5.74, 6) is -0.367. The number of rotatable bonds is 5. The monoisotopic (exact) mass is 409 g/mol. The lowest BCUT2D eigenvalue weighted by Gasteiger charge is -2.14. The van der Waals surface area contributed by atoms with Crippen LogP contribution in [0.4, 0.5) is 5.13 Å². The summed E-state index contributed by atoms with van der Waals surface area (Å²) in [6.07, 6.45) is 0. The van der Waals surface area contributed by atoms with Gasteiger partial charge in [-0.25, -0.2) is 17.7 Å². The van der Waals surface area contributed by atoms with E-state index in [0.717, 1.165) is 0 Å². The Labute approximate surface area is 160 Å². The van der Waals surface area contributed by atoms with Crippen LogP contribution in [-0.2, 0) is 10.0 Å². The zero-order valence-corrected chi connectivity index (χ0v) is 16.5. The van der Waals surface area contributed by atoms with Crippen LogP contribution in [0.1, 0.15) is 17.3 Å². The van der Waals surface area contributed by atoms with Crippen molar-refractivity contribution in [1.82, 2.24) is 9.29 Å². The first kappa shape index (κ1) is 18.8. The van der Waals surface area contributed by atoms with Crippen molar-refractivity contribution in [2.45, 2.75) is 11.8 Å². The van der Waals surface area contributed by atoms with Crippen LogP contribution in [0.2, 0.25) is 5.02 Å². The van der Waals surface area contributed by atoms with E-state index >= 15 is 0 Å². The second-order valence-corrected chi connectivity index (χ2v) is 8.98. The zero-order chi connectivity index (χ0) is 18.9. The highest BCUT2D eigenvalue weighted by molar-refractivity contribution is 7.89. The van der Waals surface area contributed by atoms with E-state index in [2.05, 4.69) is 10.3 Å². The number of sulfonamides is 1. The number of carbonyl (C=O) groups is 1. The number of aromatic nitrogens is 1. The first-order chi connectivity index (χ1) is 12.3. The fourth-order valence-electron chi connectivity index (χ4n) is 2.28. The molecule has 0 saturated carbocycles. The number of fused-ring (bicyclic) bond motifs is 1. The fraction of sp³-hybridized carbons (Fsp3) is 0.176. The highest BCUT2D eigenvalue weighted by Crippen LogP contribution is 2.29. The van der Waals surface area contributed by atoms with Gasteiger partial charge in [-0.3, -0.25) is 10.1 Å². The van der Waals surface area contributed by atoms with Crippen molar-refractivity contribution in [3.8, 4) is 0 Å². The number of hydrogen-bond acceptors (Lipinski definition) is 5. The Morgan fingerprint density at radius 2 is 2.00 bits per heavy atom. The molecule has 1 heterocycles. The summed E-state index contributed by atoms with van der Waals surface area (Å²) in [4.78, 5) is 16.9. The SMILES string of the molecule is CCN(C)S(=O)(=O)c1ccc2nc(NC(=O)c3ccccc3Cl)sc2c1. The standard InChI is InChI=1S/C17H16ClN3O3S2/c1-3-21(2)26(23,24)11-8-9-14-15(10-11)25-17(19-14)20-16(22)12-6-4-5-7-13(12)18/h4-10H,3H2,1-2H3,(H,19,20,22). The minimum atomic E-state index is -3.54. The molecule has 1 amide bonds. The van der Waals surface area contributed by atoms with Gasteiger partial charge < -0.3 is 0 Å². The average Bonchev–Trinajstić information content (AvgIpc) is 3.02. The van der Waals surface area contributed by atoms with Crippen LogP contribution in [0.5, 0.6) is 0 Å². The predicted octanol–water partition coefficient (Wildman–Crippen LogP) is 3.84. The maximum atomic E-state index is 12.4. The van der Waals surface area contributed by atoms with E-state index in [0.29, 0.717) is 32.5 Å². The van der Waals surface area contributed by atoms with Crippen LogP contribution in [0, 0.1) is 0 Å². The number of benzene rings is 2. The number of nitrogens with one attached hydrogen (secondary N) is 1. The Bertz CT molecular complexity index is 1080. The van der Waals surface area contributed by atoms with Crippen molar-refractivity contribution in [3.05, 3.63) is 53.1 Å². The van der Waals surface area contributed by atoms with Crippen LogP contribution in [-0.4, -0.2) is 37.2 Å². The van der Waals surface area contributed by atoms with Gasteiger partial charge >= 0.3 is 0 Å². The molecule has 9 heteroatoms. The number of hydrogen-bond donors (Lipinski definition) is 1. The molecule has 0 unspecified atom stereocenters. The van der Waals surface area contributed by atoms with Gasteiger partial charge in [-0.2, -0.15) is 0 Å². The molecule has 0 spiro atoms. The molecule has 0 bridgehead atoms. The molecule has 0 aliphatic rings. The molecule has 0 aliphatic carbocycles. The summed E-state index contributed by atoms with van der Waals surface area (Å²) in [5, 5.41) is 3.43. The van der Waals surface area contributed by atoms with Crippen LogP contribution < -0.4 is 5.32 Å². The number of halogens is 1. The molecule has 0 aliphatic heterocycles. The molecule has 0 atom stereocenters. The molecule has 0 saturated heterocycles. The molecule has 1 N–H and O–H groups in total. The second-order valence-electron chi connectivity index (χ2n) is 5.50. The van der Waals surface area contributed by atoms with Gasteiger partial charge in [0.05, 0.1) is 25.7 Å². The fourth-order valence-corrected chi connectivity index (χ4v) is 4.68. The van der Waals surface area contributed by atoms with E-state index in [1.54, 1.807) is 43.3 Å². The number of thiazole rings is 1. The third kappa shape index (κ3) is 3.59. The van der Waals surface area contributed by atoms with Gasteiger partial charge in [-0.1, -0.05) is 42.0 Å². The summed E-state index contributed by atoms with van der Waals surface area (Å²) < 4.78 is 26.8. The number of nitrogens with zero attached hydrogens (tertiary/aromatic N) is 2. The second kappa shape index (κ2) is 7.32. The molecular weight excluding hydrogens is 394 g/mol. The van der Waals surface area contributed by atoms with E-state index in [1.807, 2.05) is 0 Å². The van der Waals surface area contributed by atoms with Crippen molar-refractivity contribution in [2.24, 2.45) is 0 Å². The first-order valence-electron chi connectivity index (χ1n) is 7.75. The summed E-state index contributed by atoms with van der Waals surface area (Å²) >= 11 is 7.24.